The van der Waals surface area contributed by atoms with Gasteiger partial charge in [0.15, 0.2) is 0 Å². The molecule has 0 fully saturated rings. The molecule has 0 spiro atoms. The number of carbonyl (C=O) groups is 3. The van der Waals surface area contributed by atoms with Crippen molar-refractivity contribution in [1.29, 1.82) is 0 Å². The second kappa shape index (κ2) is 8.60. The lowest BCUT2D eigenvalue weighted by Crippen LogP contribution is -2.48. The Hall–Kier alpha value is -2.64. The lowest BCUT2D eigenvalue weighted by atomic mass is 10.2. The van der Waals surface area contributed by atoms with Gasteiger partial charge in [0.1, 0.15) is 0 Å². The van der Waals surface area contributed by atoms with Gasteiger partial charge < -0.3 is 19.5 Å². The first-order chi connectivity index (χ1) is 10.5. The minimum absolute atomic E-state index is 0.0781. The number of rotatable bonds is 7. The number of nitrogens with zero attached hydrogens (tertiary/aromatic N) is 1. The molecule has 0 aliphatic carbocycles. The molecular formula is C14H18N2O6. The summed E-state index contributed by atoms with van der Waals surface area (Å²) in [7, 11) is 1.44. The maximum Gasteiger partial charge on any atom is 0.340 e. The van der Waals surface area contributed by atoms with Crippen LogP contribution in [-0.4, -0.2) is 49.2 Å². The first-order valence-corrected chi connectivity index (χ1v) is 6.67. The summed E-state index contributed by atoms with van der Waals surface area (Å²) in [6.45, 7) is 3.34. The summed E-state index contributed by atoms with van der Waals surface area (Å²) < 4.78 is 14.4. The predicted octanol–water partition coefficient (Wildman–Crippen LogP) is 0.315. The number of methoxy groups -OCH3 is 1. The van der Waals surface area contributed by atoms with E-state index in [0.29, 0.717) is 5.88 Å². The molecule has 1 rings (SSSR count). The van der Waals surface area contributed by atoms with Crippen LogP contribution in [0, 0.1) is 0 Å². The number of aromatic nitrogens is 1. The Morgan fingerprint density at radius 2 is 1.73 bits per heavy atom. The zero-order valence-electron chi connectivity index (χ0n) is 12.6. The molecule has 1 N–H and O–H groups in total. The molecular weight excluding hydrogens is 292 g/mol. The third kappa shape index (κ3) is 4.72. The van der Waals surface area contributed by atoms with E-state index in [1.165, 1.54) is 25.4 Å². The van der Waals surface area contributed by atoms with E-state index in [4.69, 9.17) is 14.2 Å². The molecule has 0 saturated heterocycles. The van der Waals surface area contributed by atoms with Gasteiger partial charge in [0.2, 0.25) is 11.9 Å². The van der Waals surface area contributed by atoms with Crippen LogP contribution in [0.2, 0.25) is 0 Å². The molecule has 1 aromatic rings. The molecule has 22 heavy (non-hydrogen) atoms. The summed E-state index contributed by atoms with van der Waals surface area (Å²) >= 11 is 0. The van der Waals surface area contributed by atoms with Gasteiger partial charge >= 0.3 is 11.9 Å². The zero-order valence-corrected chi connectivity index (χ0v) is 12.6. The van der Waals surface area contributed by atoms with Crippen LogP contribution in [0.3, 0.4) is 0 Å². The number of nitrogens with one attached hydrogen (secondary N) is 1. The van der Waals surface area contributed by atoms with Crippen molar-refractivity contribution in [3.63, 3.8) is 0 Å². The SMILES string of the molecule is CCOC(=O)C(NC(=O)c1ccc(OC)nc1)C(=O)OCC. The van der Waals surface area contributed by atoms with Crippen molar-refractivity contribution >= 4 is 17.8 Å². The fraction of sp³-hybridized carbons (Fsp3) is 0.429. The Morgan fingerprint density at radius 1 is 1.14 bits per heavy atom. The van der Waals surface area contributed by atoms with Crippen LogP contribution >= 0.6 is 0 Å². The molecule has 0 aromatic carbocycles. The Kier molecular flexibility index (Phi) is 6.81. The second-order valence-electron chi connectivity index (χ2n) is 4.00. The van der Waals surface area contributed by atoms with E-state index in [1.54, 1.807) is 13.8 Å². The molecule has 0 atom stereocenters. The molecule has 0 aliphatic heterocycles. The summed E-state index contributed by atoms with van der Waals surface area (Å²) in [6.07, 6.45) is 1.27. The van der Waals surface area contributed by atoms with Gasteiger partial charge in [0.05, 0.1) is 25.9 Å². The molecule has 0 bridgehead atoms. The van der Waals surface area contributed by atoms with Crippen molar-refractivity contribution in [2.24, 2.45) is 0 Å². The summed E-state index contributed by atoms with van der Waals surface area (Å²) in [5.41, 5.74) is 0.166. The van der Waals surface area contributed by atoms with E-state index in [-0.39, 0.29) is 18.8 Å². The minimum atomic E-state index is -1.52. The van der Waals surface area contributed by atoms with E-state index in [9.17, 15) is 14.4 Å². The topological polar surface area (TPSA) is 104 Å². The number of amides is 1. The highest BCUT2D eigenvalue weighted by atomic mass is 16.6. The van der Waals surface area contributed by atoms with Gasteiger partial charge in [-0.25, -0.2) is 14.6 Å². The number of carbonyl (C=O) groups excluding carboxylic acids is 3. The maximum absolute atomic E-state index is 12.1. The van der Waals surface area contributed by atoms with E-state index in [2.05, 4.69) is 10.3 Å². The Labute approximate surface area is 127 Å². The average Bonchev–Trinajstić information content (AvgIpc) is 2.52. The zero-order chi connectivity index (χ0) is 16.5. The average molecular weight is 310 g/mol. The van der Waals surface area contributed by atoms with Crippen molar-refractivity contribution in [2.45, 2.75) is 19.9 Å². The largest absolute Gasteiger partial charge is 0.481 e. The Balaban J connectivity index is 2.84. The van der Waals surface area contributed by atoms with Gasteiger partial charge in [0, 0.05) is 12.3 Å². The van der Waals surface area contributed by atoms with Crippen molar-refractivity contribution in [1.82, 2.24) is 10.3 Å². The van der Waals surface area contributed by atoms with Crippen molar-refractivity contribution < 1.29 is 28.6 Å². The van der Waals surface area contributed by atoms with Crippen molar-refractivity contribution in [2.75, 3.05) is 20.3 Å². The monoisotopic (exact) mass is 310 g/mol. The highest BCUT2D eigenvalue weighted by Gasteiger charge is 2.31. The second-order valence-corrected chi connectivity index (χ2v) is 4.00. The first-order valence-electron chi connectivity index (χ1n) is 6.67. The molecule has 0 unspecified atom stereocenters. The van der Waals surface area contributed by atoms with Crippen LogP contribution in [0.1, 0.15) is 24.2 Å². The number of pyridine rings is 1. The molecule has 8 heteroatoms. The van der Waals surface area contributed by atoms with Crippen molar-refractivity contribution in [3.8, 4) is 5.88 Å². The van der Waals surface area contributed by atoms with E-state index >= 15 is 0 Å². The third-order valence-corrected chi connectivity index (χ3v) is 2.53. The molecule has 1 heterocycles. The highest BCUT2D eigenvalue weighted by Crippen LogP contribution is 2.07. The summed E-state index contributed by atoms with van der Waals surface area (Å²) in [5.74, 6) is -2.07. The number of hydrogen-bond acceptors (Lipinski definition) is 7. The van der Waals surface area contributed by atoms with Crippen LogP contribution in [-0.2, 0) is 19.1 Å². The fourth-order valence-corrected chi connectivity index (χ4v) is 1.52. The number of ether oxygens (including phenoxy) is 3. The summed E-state index contributed by atoms with van der Waals surface area (Å²) in [5, 5.41) is 2.27. The smallest absolute Gasteiger partial charge is 0.340 e. The van der Waals surface area contributed by atoms with E-state index < -0.39 is 23.9 Å². The Bertz CT molecular complexity index is 511. The molecule has 120 valence electrons. The number of esters is 2. The van der Waals surface area contributed by atoms with E-state index in [0.717, 1.165) is 0 Å². The van der Waals surface area contributed by atoms with Crippen molar-refractivity contribution in [3.05, 3.63) is 23.9 Å². The lowest BCUT2D eigenvalue weighted by molar-refractivity contribution is -0.157. The van der Waals surface area contributed by atoms with Crippen LogP contribution < -0.4 is 10.1 Å². The maximum atomic E-state index is 12.1. The third-order valence-electron chi connectivity index (χ3n) is 2.53. The normalized spacial score (nSPS) is 10.0. The number of hydrogen-bond donors (Lipinski definition) is 1. The van der Waals surface area contributed by atoms with Crippen LogP contribution in [0.15, 0.2) is 18.3 Å². The standard InChI is InChI=1S/C14H18N2O6/c1-4-21-13(18)11(14(19)22-5-2)16-12(17)9-6-7-10(20-3)15-8-9/h6-8,11H,4-5H2,1-3H3,(H,16,17). The summed E-state index contributed by atoms with van der Waals surface area (Å²) in [4.78, 5) is 39.4. The van der Waals surface area contributed by atoms with Gasteiger partial charge in [0.25, 0.3) is 5.91 Å². The lowest BCUT2D eigenvalue weighted by Gasteiger charge is -2.15. The van der Waals surface area contributed by atoms with Gasteiger partial charge in [-0.1, -0.05) is 0 Å². The fourth-order valence-electron chi connectivity index (χ4n) is 1.52. The van der Waals surface area contributed by atoms with Gasteiger partial charge in [-0.15, -0.1) is 0 Å². The van der Waals surface area contributed by atoms with E-state index in [1.807, 2.05) is 0 Å². The van der Waals surface area contributed by atoms with Crippen LogP contribution in [0.4, 0.5) is 0 Å². The molecule has 1 amide bonds. The van der Waals surface area contributed by atoms with Gasteiger partial charge in [-0.2, -0.15) is 0 Å². The van der Waals surface area contributed by atoms with Gasteiger partial charge in [-0.3, -0.25) is 4.79 Å². The molecule has 0 aliphatic rings. The molecule has 1 aromatic heterocycles. The minimum Gasteiger partial charge on any atom is -0.481 e. The summed E-state index contributed by atoms with van der Waals surface area (Å²) in [6, 6.07) is 1.42. The first kappa shape index (κ1) is 17.4. The molecule has 8 nitrogen and oxygen atoms in total. The Morgan fingerprint density at radius 3 is 2.14 bits per heavy atom. The highest BCUT2D eigenvalue weighted by molar-refractivity contribution is 6.05. The molecule has 0 saturated carbocycles. The van der Waals surface area contributed by atoms with Gasteiger partial charge in [-0.05, 0) is 19.9 Å². The van der Waals surface area contributed by atoms with Crippen LogP contribution in [0.25, 0.3) is 0 Å². The molecule has 0 radical (unpaired) electrons. The quantitative estimate of drug-likeness (QED) is 0.571. The predicted molar refractivity (Wildman–Crippen MR) is 75.3 cm³/mol. The van der Waals surface area contributed by atoms with Crippen LogP contribution in [0.5, 0.6) is 5.88 Å².